The number of hydrogen-bond donors (Lipinski definition) is 3. The standard InChI is InChI=1S/C18H16ClFN4O3/c1-8(2)10-6-11(15(26)7-14(10)25)17-22-23-18(16(21)27)24(17)9-3-4-13(20)12(19)5-9/h3-8,25-26H,1-2H3,(H2,21,27). The summed E-state index contributed by atoms with van der Waals surface area (Å²) in [4.78, 5) is 11.8. The minimum atomic E-state index is -0.864. The molecule has 27 heavy (non-hydrogen) atoms. The first-order valence-electron chi connectivity index (χ1n) is 7.97. The zero-order valence-corrected chi connectivity index (χ0v) is 15.2. The zero-order chi connectivity index (χ0) is 19.9. The number of hydrogen-bond acceptors (Lipinski definition) is 5. The Bertz CT molecular complexity index is 1050. The van der Waals surface area contributed by atoms with Crippen molar-refractivity contribution in [2.45, 2.75) is 19.8 Å². The van der Waals surface area contributed by atoms with Crippen LogP contribution < -0.4 is 5.73 Å². The molecule has 0 spiro atoms. The van der Waals surface area contributed by atoms with Crippen molar-refractivity contribution in [1.29, 1.82) is 0 Å². The van der Waals surface area contributed by atoms with Crippen LogP contribution in [0.1, 0.15) is 35.9 Å². The maximum atomic E-state index is 13.5. The number of benzene rings is 2. The molecule has 0 bridgehead atoms. The molecular formula is C18H16ClFN4O3. The maximum Gasteiger partial charge on any atom is 0.287 e. The normalized spacial score (nSPS) is 11.1. The molecule has 0 unspecified atom stereocenters. The molecule has 3 rings (SSSR count). The van der Waals surface area contributed by atoms with E-state index in [1.54, 1.807) is 6.07 Å². The maximum absolute atomic E-state index is 13.5. The Balaban J connectivity index is 2.31. The molecule has 4 N–H and O–H groups in total. The van der Waals surface area contributed by atoms with Gasteiger partial charge in [-0.1, -0.05) is 25.4 Å². The van der Waals surface area contributed by atoms with E-state index < -0.39 is 11.7 Å². The molecule has 9 heteroatoms. The molecule has 2 aromatic carbocycles. The highest BCUT2D eigenvalue weighted by Gasteiger charge is 2.23. The highest BCUT2D eigenvalue weighted by molar-refractivity contribution is 6.30. The van der Waals surface area contributed by atoms with Gasteiger partial charge in [-0.25, -0.2) is 4.39 Å². The fraction of sp³-hybridized carbons (Fsp3) is 0.167. The predicted octanol–water partition coefficient (Wildman–Crippen LogP) is 3.36. The number of carbonyl (C=O) groups excluding carboxylic acids is 1. The number of aromatic hydroxyl groups is 2. The first-order valence-corrected chi connectivity index (χ1v) is 8.35. The van der Waals surface area contributed by atoms with E-state index in [4.69, 9.17) is 17.3 Å². The number of nitrogens with two attached hydrogens (primary N) is 1. The van der Waals surface area contributed by atoms with E-state index in [0.29, 0.717) is 5.56 Å². The van der Waals surface area contributed by atoms with Gasteiger partial charge in [-0.2, -0.15) is 0 Å². The SMILES string of the molecule is CC(C)c1cc(-c2nnc(C(N)=O)n2-c2ccc(F)c(Cl)c2)c(O)cc1O. The molecule has 1 amide bonds. The van der Waals surface area contributed by atoms with Crippen molar-refractivity contribution < 1.29 is 19.4 Å². The number of aromatic nitrogens is 3. The minimum absolute atomic E-state index is 0.0448. The monoisotopic (exact) mass is 390 g/mol. The molecule has 0 saturated heterocycles. The molecule has 1 aromatic heterocycles. The Morgan fingerprint density at radius 3 is 2.48 bits per heavy atom. The number of halogens is 2. The molecular weight excluding hydrogens is 375 g/mol. The third kappa shape index (κ3) is 3.31. The fourth-order valence-electron chi connectivity index (χ4n) is 2.72. The summed E-state index contributed by atoms with van der Waals surface area (Å²) >= 11 is 5.85. The summed E-state index contributed by atoms with van der Waals surface area (Å²) in [6.07, 6.45) is 0. The number of rotatable bonds is 4. The smallest absolute Gasteiger partial charge is 0.287 e. The van der Waals surface area contributed by atoms with E-state index in [-0.39, 0.29) is 45.3 Å². The Morgan fingerprint density at radius 1 is 1.19 bits per heavy atom. The largest absolute Gasteiger partial charge is 0.508 e. The van der Waals surface area contributed by atoms with Crippen molar-refractivity contribution in [2.24, 2.45) is 5.73 Å². The van der Waals surface area contributed by atoms with Gasteiger partial charge in [0.15, 0.2) is 5.82 Å². The Labute approximate surface area is 158 Å². The van der Waals surface area contributed by atoms with Gasteiger partial charge in [-0.15, -0.1) is 10.2 Å². The Morgan fingerprint density at radius 2 is 1.89 bits per heavy atom. The molecule has 0 saturated carbocycles. The minimum Gasteiger partial charge on any atom is -0.508 e. The fourth-order valence-corrected chi connectivity index (χ4v) is 2.90. The van der Waals surface area contributed by atoms with Crippen LogP contribution in [0.2, 0.25) is 5.02 Å². The number of phenols is 2. The summed E-state index contributed by atoms with van der Waals surface area (Å²) in [6.45, 7) is 3.74. The lowest BCUT2D eigenvalue weighted by molar-refractivity contribution is 0.0988. The van der Waals surface area contributed by atoms with Gasteiger partial charge >= 0.3 is 0 Å². The van der Waals surface area contributed by atoms with Gasteiger partial charge in [-0.3, -0.25) is 9.36 Å². The molecule has 0 aliphatic carbocycles. The first-order chi connectivity index (χ1) is 12.7. The van der Waals surface area contributed by atoms with Crippen LogP contribution in [0.5, 0.6) is 11.5 Å². The lowest BCUT2D eigenvalue weighted by Gasteiger charge is -2.14. The highest BCUT2D eigenvalue weighted by Crippen LogP contribution is 2.38. The predicted molar refractivity (Wildman–Crippen MR) is 97.7 cm³/mol. The summed E-state index contributed by atoms with van der Waals surface area (Å²) in [5.41, 5.74) is 6.45. The van der Waals surface area contributed by atoms with Gasteiger partial charge in [-0.05, 0) is 35.7 Å². The van der Waals surface area contributed by atoms with Crippen molar-refractivity contribution in [3.63, 3.8) is 0 Å². The third-order valence-electron chi connectivity index (χ3n) is 4.05. The van der Waals surface area contributed by atoms with Crippen LogP contribution in [0.25, 0.3) is 17.1 Å². The summed E-state index contributed by atoms with van der Waals surface area (Å²) in [5.74, 6) is -2.01. The van der Waals surface area contributed by atoms with Gasteiger partial charge in [0.1, 0.15) is 17.3 Å². The van der Waals surface area contributed by atoms with Crippen LogP contribution in [0.15, 0.2) is 30.3 Å². The van der Waals surface area contributed by atoms with Crippen molar-refractivity contribution in [2.75, 3.05) is 0 Å². The molecule has 0 fully saturated rings. The molecule has 7 nitrogen and oxygen atoms in total. The van der Waals surface area contributed by atoms with Gasteiger partial charge in [0.05, 0.1) is 16.3 Å². The first kappa shape index (κ1) is 18.7. The number of carbonyl (C=O) groups is 1. The third-order valence-corrected chi connectivity index (χ3v) is 4.34. The lowest BCUT2D eigenvalue weighted by atomic mass is 9.98. The Hall–Kier alpha value is -3.13. The van der Waals surface area contributed by atoms with Crippen LogP contribution in [-0.2, 0) is 0 Å². The summed E-state index contributed by atoms with van der Waals surface area (Å²) < 4.78 is 14.8. The zero-order valence-electron chi connectivity index (χ0n) is 14.4. The quantitative estimate of drug-likeness (QED) is 0.632. The van der Waals surface area contributed by atoms with E-state index in [0.717, 1.165) is 6.07 Å². The Kier molecular flexibility index (Phi) is 4.75. The second kappa shape index (κ2) is 6.88. The van der Waals surface area contributed by atoms with Gasteiger partial charge in [0.25, 0.3) is 5.91 Å². The van der Waals surface area contributed by atoms with Crippen LogP contribution in [0, 0.1) is 5.82 Å². The molecule has 0 aliphatic rings. The van der Waals surface area contributed by atoms with E-state index in [2.05, 4.69) is 10.2 Å². The highest BCUT2D eigenvalue weighted by atomic mass is 35.5. The molecule has 0 atom stereocenters. The van der Waals surface area contributed by atoms with Crippen molar-refractivity contribution >= 4 is 17.5 Å². The average molecular weight is 391 g/mol. The molecule has 140 valence electrons. The van der Waals surface area contributed by atoms with Gasteiger partial charge in [0.2, 0.25) is 5.82 Å². The molecule has 3 aromatic rings. The van der Waals surface area contributed by atoms with Crippen LogP contribution in [-0.4, -0.2) is 30.9 Å². The molecule has 1 heterocycles. The van der Waals surface area contributed by atoms with Crippen LogP contribution in [0.4, 0.5) is 4.39 Å². The molecule has 0 aliphatic heterocycles. The van der Waals surface area contributed by atoms with E-state index >= 15 is 0 Å². The lowest BCUT2D eigenvalue weighted by Crippen LogP contribution is -2.18. The van der Waals surface area contributed by atoms with Crippen LogP contribution >= 0.6 is 11.6 Å². The van der Waals surface area contributed by atoms with Crippen molar-refractivity contribution in [1.82, 2.24) is 14.8 Å². The van der Waals surface area contributed by atoms with Crippen molar-refractivity contribution in [3.05, 3.63) is 52.6 Å². The van der Waals surface area contributed by atoms with Gasteiger partial charge < -0.3 is 15.9 Å². The van der Waals surface area contributed by atoms with Gasteiger partial charge in [0, 0.05) is 6.07 Å². The van der Waals surface area contributed by atoms with E-state index in [1.165, 1.54) is 22.8 Å². The second-order valence-corrected chi connectivity index (χ2v) is 6.64. The number of amides is 1. The summed E-state index contributed by atoms with van der Waals surface area (Å²) in [7, 11) is 0. The van der Waals surface area contributed by atoms with Crippen LogP contribution in [0.3, 0.4) is 0 Å². The van der Waals surface area contributed by atoms with E-state index in [1.807, 2.05) is 13.8 Å². The van der Waals surface area contributed by atoms with E-state index in [9.17, 15) is 19.4 Å². The summed E-state index contributed by atoms with van der Waals surface area (Å²) in [6, 6.07) is 6.53. The summed E-state index contributed by atoms with van der Waals surface area (Å²) in [5, 5.41) is 28.0. The van der Waals surface area contributed by atoms with Crippen molar-refractivity contribution in [3.8, 4) is 28.6 Å². The number of primary amides is 1. The second-order valence-electron chi connectivity index (χ2n) is 6.23. The average Bonchev–Trinajstić information content (AvgIpc) is 3.02. The topological polar surface area (TPSA) is 114 Å². The number of phenolic OH excluding ortho intramolecular Hbond substituents is 2. The molecule has 0 radical (unpaired) electrons. The number of nitrogens with zero attached hydrogens (tertiary/aromatic N) is 3.